The predicted octanol–water partition coefficient (Wildman–Crippen LogP) is 4.30. The topological polar surface area (TPSA) is 71.1 Å². The summed E-state index contributed by atoms with van der Waals surface area (Å²) in [4.78, 5) is 28.7. The van der Waals surface area contributed by atoms with Gasteiger partial charge in [0.05, 0.1) is 21.2 Å². The zero-order valence-corrected chi connectivity index (χ0v) is 16.1. The highest BCUT2D eigenvalue weighted by atomic mass is 32.2. The van der Waals surface area contributed by atoms with Gasteiger partial charge >= 0.3 is 0 Å². The van der Waals surface area contributed by atoms with Gasteiger partial charge in [-0.05, 0) is 38.1 Å². The van der Waals surface area contributed by atoms with Gasteiger partial charge in [0.15, 0.2) is 5.13 Å². The van der Waals surface area contributed by atoms with Crippen LogP contribution in [0.2, 0.25) is 0 Å². The van der Waals surface area contributed by atoms with E-state index in [-0.39, 0.29) is 22.8 Å². The number of para-hydroxylation sites is 1. The number of nitrogens with one attached hydrogen (secondary N) is 2. The number of hydrogen-bond acceptors (Lipinski definition) is 5. The second kappa shape index (κ2) is 8.33. The van der Waals surface area contributed by atoms with Crippen molar-refractivity contribution in [2.75, 3.05) is 16.4 Å². The number of anilines is 2. The zero-order chi connectivity index (χ0) is 18.5. The Bertz CT molecular complexity index is 889. The monoisotopic (exact) mass is 385 g/mol. The Labute approximate surface area is 160 Å². The molecule has 1 atom stereocenters. The summed E-state index contributed by atoms with van der Waals surface area (Å²) in [6.07, 6.45) is 0. The molecule has 134 valence electrons. The summed E-state index contributed by atoms with van der Waals surface area (Å²) in [7, 11) is 0. The highest BCUT2D eigenvalue weighted by Crippen LogP contribution is 2.26. The number of benzene rings is 2. The lowest BCUT2D eigenvalue weighted by Crippen LogP contribution is -2.24. The van der Waals surface area contributed by atoms with E-state index < -0.39 is 0 Å². The minimum atomic E-state index is -0.356. The van der Waals surface area contributed by atoms with Crippen molar-refractivity contribution >= 4 is 55.9 Å². The van der Waals surface area contributed by atoms with Gasteiger partial charge in [0.25, 0.3) is 0 Å². The van der Waals surface area contributed by atoms with Crippen LogP contribution in [0, 0.1) is 6.92 Å². The van der Waals surface area contributed by atoms with E-state index in [9.17, 15) is 9.59 Å². The normalized spacial score (nSPS) is 11.9. The van der Waals surface area contributed by atoms with Gasteiger partial charge in [-0.3, -0.25) is 9.59 Å². The summed E-state index contributed by atoms with van der Waals surface area (Å²) in [5.41, 5.74) is 2.76. The number of nitrogens with zero attached hydrogens (tertiary/aromatic N) is 1. The molecule has 3 rings (SSSR count). The van der Waals surface area contributed by atoms with Crippen LogP contribution >= 0.6 is 23.1 Å². The van der Waals surface area contributed by atoms with Crippen LogP contribution in [-0.4, -0.2) is 27.8 Å². The first-order valence-corrected chi connectivity index (χ1v) is 10.0. The van der Waals surface area contributed by atoms with Gasteiger partial charge in [0, 0.05) is 5.69 Å². The first-order chi connectivity index (χ1) is 12.5. The number of carbonyl (C=O) groups excluding carboxylic acids is 2. The average molecular weight is 386 g/mol. The molecule has 0 aliphatic heterocycles. The van der Waals surface area contributed by atoms with Gasteiger partial charge in [-0.15, -0.1) is 11.8 Å². The fourth-order valence-corrected chi connectivity index (χ4v) is 3.80. The lowest BCUT2D eigenvalue weighted by atomic mass is 10.2. The van der Waals surface area contributed by atoms with Crippen LogP contribution in [0.3, 0.4) is 0 Å². The fourth-order valence-electron chi connectivity index (χ4n) is 2.24. The Morgan fingerprint density at radius 2 is 1.85 bits per heavy atom. The van der Waals surface area contributed by atoms with Crippen molar-refractivity contribution in [1.29, 1.82) is 0 Å². The van der Waals surface area contributed by atoms with Crippen molar-refractivity contribution in [2.45, 2.75) is 19.1 Å². The first-order valence-electron chi connectivity index (χ1n) is 8.16. The van der Waals surface area contributed by atoms with Crippen molar-refractivity contribution in [2.24, 2.45) is 0 Å². The van der Waals surface area contributed by atoms with Crippen molar-refractivity contribution in [3.63, 3.8) is 0 Å². The molecular weight excluding hydrogens is 366 g/mol. The van der Waals surface area contributed by atoms with Gasteiger partial charge in [-0.1, -0.05) is 41.2 Å². The minimum absolute atomic E-state index is 0.126. The Balaban J connectivity index is 1.49. The van der Waals surface area contributed by atoms with Crippen LogP contribution in [0.4, 0.5) is 10.8 Å². The predicted molar refractivity (Wildman–Crippen MR) is 110 cm³/mol. The summed E-state index contributed by atoms with van der Waals surface area (Å²) in [5.74, 6) is -0.0712. The lowest BCUT2D eigenvalue weighted by Gasteiger charge is -2.10. The first kappa shape index (κ1) is 18.4. The van der Waals surface area contributed by atoms with Gasteiger partial charge < -0.3 is 10.6 Å². The van der Waals surface area contributed by atoms with E-state index >= 15 is 0 Å². The molecule has 26 heavy (non-hydrogen) atoms. The second-order valence-corrected chi connectivity index (χ2v) is 8.20. The third-order valence-electron chi connectivity index (χ3n) is 3.69. The molecule has 0 fully saturated rings. The molecule has 0 radical (unpaired) electrons. The van der Waals surface area contributed by atoms with Gasteiger partial charge in [0.2, 0.25) is 11.8 Å². The van der Waals surface area contributed by atoms with E-state index in [2.05, 4.69) is 15.6 Å². The maximum absolute atomic E-state index is 12.3. The molecule has 2 N–H and O–H groups in total. The number of amides is 2. The number of hydrogen-bond donors (Lipinski definition) is 2. The molecule has 2 aromatic carbocycles. The summed E-state index contributed by atoms with van der Waals surface area (Å²) < 4.78 is 1.03. The zero-order valence-electron chi connectivity index (χ0n) is 14.5. The molecule has 1 unspecified atom stereocenters. The summed E-state index contributed by atoms with van der Waals surface area (Å²) >= 11 is 2.73. The van der Waals surface area contributed by atoms with E-state index in [0.717, 1.165) is 21.5 Å². The molecule has 5 nitrogen and oxygen atoms in total. The standard InChI is InChI=1S/C19H19N3O2S2/c1-12-7-9-14(10-8-12)20-17(23)11-25-13(2)18(24)22-19-21-15-5-3-4-6-16(15)26-19/h3-10,13H,11H2,1-2H3,(H,20,23)(H,21,22,24). The molecule has 1 heterocycles. The van der Waals surface area contributed by atoms with E-state index in [1.165, 1.54) is 23.1 Å². The van der Waals surface area contributed by atoms with Gasteiger partial charge in [-0.25, -0.2) is 4.98 Å². The summed E-state index contributed by atoms with van der Waals surface area (Å²) in [5, 5.41) is 5.88. The highest BCUT2D eigenvalue weighted by molar-refractivity contribution is 8.01. The quantitative estimate of drug-likeness (QED) is 0.663. The number of fused-ring (bicyclic) bond motifs is 1. The Morgan fingerprint density at radius 1 is 1.12 bits per heavy atom. The molecule has 0 bridgehead atoms. The number of aromatic nitrogens is 1. The maximum atomic E-state index is 12.3. The third-order valence-corrected chi connectivity index (χ3v) is 5.79. The van der Waals surface area contributed by atoms with Crippen molar-refractivity contribution in [3.05, 3.63) is 54.1 Å². The summed E-state index contributed by atoms with van der Waals surface area (Å²) in [6.45, 7) is 3.78. The van der Waals surface area contributed by atoms with Crippen LogP contribution in [0.15, 0.2) is 48.5 Å². The smallest absolute Gasteiger partial charge is 0.239 e. The van der Waals surface area contributed by atoms with E-state index in [0.29, 0.717) is 5.13 Å². The van der Waals surface area contributed by atoms with Crippen LogP contribution < -0.4 is 10.6 Å². The van der Waals surface area contributed by atoms with E-state index in [1.807, 2.05) is 55.5 Å². The van der Waals surface area contributed by atoms with Crippen LogP contribution in [0.5, 0.6) is 0 Å². The van der Waals surface area contributed by atoms with Crippen molar-refractivity contribution in [3.8, 4) is 0 Å². The second-order valence-electron chi connectivity index (χ2n) is 5.84. The van der Waals surface area contributed by atoms with Gasteiger partial charge in [-0.2, -0.15) is 0 Å². The highest BCUT2D eigenvalue weighted by Gasteiger charge is 2.17. The largest absolute Gasteiger partial charge is 0.325 e. The Kier molecular flexibility index (Phi) is 5.90. The van der Waals surface area contributed by atoms with Crippen LogP contribution in [-0.2, 0) is 9.59 Å². The number of thioether (sulfide) groups is 1. The maximum Gasteiger partial charge on any atom is 0.239 e. The van der Waals surface area contributed by atoms with Crippen molar-refractivity contribution in [1.82, 2.24) is 4.98 Å². The molecule has 3 aromatic rings. The summed E-state index contributed by atoms with van der Waals surface area (Å²) in [6, 6.07) is 15.3. The lowest BCUT2D eigenvalue weighted by molar-refractivity contribution is -0.115. The number of rotatable bonds is 6. The number of aryl methyl sites for hydroxylation is 1. The minimum Gasteiger partial charge on any atom is -0.325 e. The SMILES string of the molecule is Cc1ccc(NC(=O)CSC(C)C(=O)Nc2nc3ccccc3s2)cc1. The third kappa shape index (κ3) is 4.83. The number of carbonyl (C=O) groups is 2. The average Bonchev–Trinajstić information content (AvgIpc) is 3.03. The molecule has 0 spiro atoms. The molecule has 7 heteroatoms. The molecule has 0 aliphatic rings. The Hall–Kier alpha value is -2.38. The van der Waals surface area contributed by atoms with Crippen LogP contribution in [0.1, 0.15) is 12.5 Å². The molecule has 1 aromatic heterocycles. The fraction of sp³-hybridized carbons (Fsp3) is 0.211. The molecule has 2 amide bonds. The molecule has 0 aliphatic carbocycles. The van der Waals surface area contributed by atoms with E-state index in [1.54, 1.807) is 6.92 Å². The Morgan fingerprint density at radius 3 is 2.58 bits per heavy atom. The van der Waals surface area contributed by atoms with E-state index in [4.69, 9.17) is 0 Å². The van der Waals surface area contributed by atoms with Crippen molar-refractivity contribution < 1.29 is 9.59 Å². The van der Waals surface area contributed by atoms with Gasteiger partial charge in [0.1, 0.15) is 0 Å². The molecule has 0 saturated heterocycles. The molecule has 0 saturated carbocycles. The molecular formula is C19H19N3O2S2. The number of thiazole rings is 1. The van der Waals surface area contributed by atoms with Crippen LogP contribution in [0.25, 0.3) is 10.2 Å².